The number of anilines is 1. The normalized spacial score (nSPS) is 16.6. The van der Waals surface area contributed by atoms with Gasteiger partial charge in [0, 0.05) is 6.42 Å². The smallest absolute Gasteiger partial charge is 0.123 e. The summed E-state index contributed by atoms with van der Waals surface area (Å²) in [6.07, 6.45) is 1.02. The lowest BCUT2D eigenvalue weighted by Crippen LogP contribution is -2.24. The van der Waals surface area contributed by atoms with Crippen molar-refractivity contribution in [2.24, 2.45) is 0 Å². The van der Waals surface area contributed by atoms with Crippen LogP contribution in [-0.2, 0) is 6.42 Å². The van der Waals surface area contributed by atoms with Gasteiger partial charge in [-0.05, 0) is 30.7 Å². The summed E-state index contributed by atoms with van der Waals surface area (Å²) in [5, 5.41) is 4.54. The molecule has 2 nitrogen and oxygen atoms in total. The van der Waals surface area contributed by atoms with Crippen molar-refractivity contribution in [1.29, 1.82) is 0 Å². The first-order chi connectivity index (χ1) is 9.63. The van der Waals surface area contributed by atoms with E-state index in [1.165, 1.54) is 11.1 Å². The highest BCUT2D eigenvalue weighted by atomic mass is 35.5. The van der Waals surface area contributed by atoms with Crippen molar-refractivity contribution in [3.05, 3.63) is 57.6 Å². The van der Waals surface area contributed by atoms with E-state index in [1.807, 2.05) is 24.3 Å². The minimum Gasteiger partial charge on any atom is -0.488 e. The molecule has 1 atom stereocenters. The highest BCUT2D eigenvalue weighted by molar-refractivity contribution is 6.39. The van der Waals surface area contributed by atoms with Gasteiger partial charge in [0.05, 0.1) is 22.3 Å². The van der Waals surface area contributed by atoms with Crippen molar-refractivity contribution in [1.82, 2.24) is 0 Å². The molecule has 0 fully saturated rings. The molecule has 0 spiro atoms. The van der Waals surface area contributed by atoms with Crippen molar-refractivity contribution in [3.63, 3.8) is 0 Å². The third-order valence-electron chi connectivity index (χ3n) is 3.43. The Hall–Kier alpha value is -1.38. The summed E-state index contributed by atoms with van der Waals surface area (Å²) in [5.74, 6) is 0.979. The second-order valence-electron chi connectivity index (χ2n) is 5.03. The molecule has 0 saturated carbocycles. The van der Waals surface area contributed by atoms with Crippen LogP contribution in [0.5, 0.6) is 5.75 Å². The minimum atomic E-state index is 0.110. The molecular formula is C16H15Cl2NO. The summed E-state index contributed by atoms with van der Waals surface area (Å²) >= 11 is 12.3. The first-order valence-corrected chi connectivity index (χ1v) is 7.33. The summed E-state index contributed by atoms with van der Waals surface area (Å²) in [5.41, 5.74) is 3.30. The lowest BCUT2D eigenvalue weighted by molar-refractivity contribution is 0.246. The predicted octanol–water partition coefficient (Wildman–Crippen LogP) is 4.72. The van der Waals surface area contributed by atoms with Crippen LogP contribution in [0.1, 0.15) is 11.1 Å². The van der Waals surface area contributed by atoms with Crippen molar-refractivity contribution in [3.8, 4) is 5.75 Å². The number of fused-ring (bicyclic) bond motifs is 1. The molecule has 1 heterocycles. The molecule has 0 aromatic heterocycles. The van der Waals surface area contributed by atoms with Gasteiger partial charge >= 0.3 is 0 Å². The SMILES string of the molecule is Cc1ccc2c(c1)CC(CNc1c(Cl)cccc1Cl)O2. The number of nitrogens with one attached hydrogen (secondary N) is 1. The van der Waals surface area contributed by atoms with Crippen LogP contribution in [0.25, 0.3) is 0 Å². The van der Waals surface area contributed by atoms with Crippen molar-refractivity contribution < 1.29 is 4.74 Å². The van der Waals surface area contributed by atoms with E-state index in [0.717, 1.165) is 17.9 Å². The van der Waals surface area contributed by atoms with E-state index in [9.17, 15) is 0 Å². The maximum Gasteiger partial charge on any atom is 0.123 e. The van der Waals surface area contributed by atoms with Crippen molar-refractivity contribution in [2.75, 3.05) is 11.9 Å². The van der Waals surface area contributed by atoms with Crippen LogP contribution in [0.15, 0.2) is 36.4 Å². The highest BCUT2D eigenvalue weighted by Crippen LogP contribution is 2.32. The van der Waals surface area contributed by atoms with Crippen LogP contribution in [0.2, 0.25) is 10.0 Å². The van der Waals surface area contributed by atoms with Crippen LogP contribution in [0.4, 0.5) is 5.69 Å². The maximum atomic E-state index is 6.14. The Morgan fingerprint density at radius 2 is 1.95 bits per heavy atom. The Labute approximate surface area is 128 Å². The number of aryl methyl sites for hydroxylation is 1. The molecule has 1 unspecified atom stereocenters. The monoisotopic (exact) mass is 307 g/mol. The van der Waals surface area contributed by atoms with E-state index in [-0.39, 0.29) is 6.10 Å². The van der Waals surface area contributed by atoms with E-state index in [4.69, 9.17) is 27.9 Å². The molecule has 20 heavy (non-hydrogen) atoms. The van der Waals surface area contributed by atoms with E-state index in [2.05, 4.69) is 24.4 Å². The molecule has 1 aliphatic rings. The van der Waals surface area contributed by atoms with Crippen LogP contribution in [-0.4, -0.2) is 12.6 Å². The fraction of sp³-hybridized carbons (Fsp3) is 0.250. The van der Waals surface area contributed by atoms with E-state index in [1.54, 1.807) is 0 Å². The van der Waals surface area contributed by atoms with Crippen LogP contribution in [0, 0.1) is 6.92 Å². The van der Waals surface area contributed by atoms with Crippen molar-refractivity contribution >= 4 is 28.9 Å². The molecule has 3 rings (SSSR count). The summed E-state index contributed by atoms with van der Waals surface area (Å²) in [6.45, 7) is 2.77. The summed E-state index contributed by atoms with van der Waals surface area (Å²) in [6, 6.07) is 11.8. The number of ether oxygens (including phenoxy) is 1. The van der Waals surface area contributed by atoms with Gasteiger partial charge in [0.15, 0.2) is 0 Å². The first-order valence-electron chi connectivity index (χ1n) is 6.57. The van der Waals surface area contributed by atoms with Crippen LogP contribution in [0.3, 0.4) is 0 Å². The topological polar surface area (TPSA) is 21.3 Å². The van der Waals surface area contributed by atoms with E-state index in [0.29, 0.717) is 16.6 Å². The average molecular weight is 308 g/mol. The lowest BCUT2D eigenvalue weighted by atomic mass is 10.1. The Balaban J connectivity index is 1.67. The Kier molecular flexibility index (Phi) is 3.77. The third-order valence-corrected chi connectivity index (χ3v) is 4.06. The maximum absolute atomic E-state index is 6.14. The fourth-order valence-corrected chi connectivity index (χ4v) is 2.98. The molecule has 0 saturated heterocycles. The molecule has 4 heteroatoms. The zero-order chi connectivity index (χ0) is 14.1. The van der Waals surface area contributed by atoms with Gasteiger partial charge in [0.1, 0.15) is 11.9 Å². The Bertz CT molecular complexity index is 622. The summed E-state index contributed by atoms with van der Waals surface area (Å²) in [4.78, 5) is 0. The molecule has 2 aromatic carbocycles. The highest BCUT2D eigenvalue weighted by Gasteiger charge is 2.22. The Morgan fingerprint density at radius 1 is 1.20 bits per heavy atom. The molecule has 104 valence electrons. The number of hydrogen-bond acceptors (Lipinski definition) is 2. The van der Waals surface area contributed by atoms with E-state index >= 15 is 0 Å². The van der Waals surface area contributed by atoms with Gasteiger partial charge in [-0.3, -0.25) is 0 Å². The number of rotatable bonds is 3. The molecule has 1 N–H and O–H groups in total. The zero-order valence-electron chi connectivity index (χ0n) is 11.1. The lowest BCUT2D eigenvalue weighted by Gasteiger charge is -2.14. The minimum absolute atomic E-state index is 0.110. The Morgan fingerprint density at radius 3 is 2.70 bits per heavy atom. The van der Waals surface area contributed by atoms with Crippen LogP contribution >= 0.6 is 23.2 Å². The molecule has 0 aliphatic carbocycles. The standard InChI is InChI=1S/C16H15Cl2NO/c1-10-5-6-15-11(7-10)8-12(20-15)9-19-16-13(17)3-2-4-14(16)18/h2-7,12,19H,8-9H2,1H3. The molecular weight excluding hydrogens is 293 g/mol. The summed E-state index contributed by atoms with van der Waals surface area (Å²) < 4.78 is 5.91. The van der Waals surface area contributed by atoms with Gasteiger partial charge in [0.2, 0.25) is 0 Å². The summed E-state index contributed by atoms with van der Waals surface area (Å²) in [7, 11) is 0. The number of hydrogen-bond donors (Lipinski definition) is 1. The average Bonchev–Trinajstić information content (AvgIpc) is 2.80. The predicted molar refractivity (Wildman–Crippen MR) is 84.3 cm³/mol. The molecule has 2 aromatic rings. The second-order valence-corrected chi connectivity index (χ2v) is 5.85. The van der Waals surface area contributed by atoms with Gasteiger partial charge in [-0.15, -0.1) is 0 Å². The number of halogens is 2. The first kappa shape index (κ1) is 13.6. The van der Waals surface area contributed by atoms with Gasteiger partial charge in [-0.1, -0.05) is 47.0 Å². The van der Waals surface area contributed by atoms with E-state index < -0.39 is 0 Å². The van der Waals surface area contributed by atoms with Gasteiger partial charge in [-0.2, -0.15) is 0 Å². The van der Waals surface area contributed by atoms with Crippen molar-refractivity contribution in [2.45, 2.75) is 19.4 Å². The number of benzene rings is 2. The molecule has 0 radical (unpaired) electrons. The molecule has 0 bridgehead atoms. The van der Waals surface area contributed by atoms with Gasteiger partial charge < -0.3 is 10.1 Å². The van der Waals surface area contributed by atoms with Gasteiger partial charge in [0.25, 0.3) is 0 Å². The number of para-hydroxylation sites is 1. The third kappa shape index (κ3) is 2.72. The zero-order valence-corrected chi connectivity index (χ0v) is 12.6. The van der Waals surface area contributed by atoms with Gasteiger partial charge in [-0.25, -0.2) is 0 Å². The second kappa shape index (κ2) is 5.55. The fourth-order valence-electron chi connectivity index (χ4n) is 2.45. The molecule has 0 amide bonds. The quantitative estimate of drug-likeness (QED) is 0.886. The largest absolute Gasteiger partial charge is 0.488 e. The molecule has 1 aliphatic heterocycles. The van der Waals surface area contributed by atoms with Crippen LogP contribution < -0.4 is 10.1 Å².